The van der Waals surface area contributed by atoms with E-state index in [2.05, 4.69) is 14.2 Å². The summed E-state index contributed by atoms with van der Waals surface area (Å²) in [6.45, 7) is 1.31. The Bertz CT molecular complexity index is 304. The molecule has 0 spiro atoms. The van der Waals surface area contributed by atoms with E-state index in [1.165, 1.54) is 21.1 Å². The Morgan fingerprint density at radius 2 is 1.76 bits per heavy atom. The SMILES string of the molecule is COC[PH](=O)OC(C)(CC(=O)OC)C(=O)OC. The molecule has 0 N–H and O–H groups in total. The monoisotopic (exact) mass is 268 g/mol. The Hall–Kier alpha value is -0.910. The number of carbonyl (C=O) groups is 2. The van der Waals surface area contributed by atoms with Crippen LogP contribution in [0.1, 0.15) is 13.3 Å². The lowest BCUT2D eigenvalue weighted by atomic mass is 10.0. The maximum absolute atomic E-state index is 11.5. The third kappa shape index (κ3) is 5.30. The zero-order chi connectivity index (χ0) is 13.5. The first kappa shape index (κ1) is 16.1. The summed E-state index contributed by atoms with van der Waals surface area (Å²) in [4.78, 5) is 22.7. The largest absolute Gasteiger partial charge is 0.469 e. The molecule has 0 aliphatic heterocycles. The molecule has 0 rings (SSSR count). The fourth-order valence-corrected chi connectivity index (χ4v) is 2.06. The van der Waals surface area contributed by atoms with E-state index < -0.39 is 25.6 Å². The first-order valence-electron chi connectivity index (χ1n) is 4.75. The van der Waals surface area contributed by atoms with Gasteiger partial charge in [0.2, 0.25) is 8.03 Å². The summed E-state index contributed by atoms with van der Waals surface area (Å²) >= 11 is 0. The molecule has 0 amide bonds. The minimum absolute atomic E-state index is 0.140. The molecule has 0 fully saturated rings. The molecule has 0 aromatic rings. The van der Waals surface area contributed by atoms with E-state index in [1.807, 2.05) is 0 Å². The Morgan fingerprint density at radius 1 is 1.18 bits per heavy atom. The van der Waals surface area contributed by atoms with Crippen molar-refractivity contribution in [3.05, 3.63) is 0 Å². The van der Waals surface area contributed by atoms with Crippen LogP contribution in [0.15, 0.2) is 0 Å². The van der Waals surface area contributed by atoms with Crippen LogP contribution in [0.4, 0.5) is 0 Å². The molecule has 0 aliphatic carbocycles. The van der Waals surface area contributed by atoms with Crippen molar-refractivity contribution in [1.82, 2.24) is 0 Å². The Balaban J connectivity index is 4.78. The van der Waals surface area contributed by atoms with Gasteiger partial charge in [-0.1, -0.05) is 0 Å². The molecule has 0 aromatic heterocycles. The van der Waals surface area contributed by atoms with E-state index in [4.69, 9.17) is 4.52 Å². The van der Waals surface area contributed by atoms with Gasteiger partial charge in [-0.25, -0.2) is 4.79 Å². The lowest BCUT2D eigenvalue weighted by Gasteiger charge is -2.25. The molecule has 17 heavy (non-hydrogen) atoms. The summed E-state index contributed by atoms with van der Waals surface area (Å²) in [6.07, 6.45) is -0.519. The van der Waals surface area contributed by atoms with Gasteiger partial charge in [0, 0.05) is 7.11 Å². The molecule has 0 aromatic carbocycles. The number of carbonyl (C=O) groups excluding carboxylic acids is 2. The predicted octanol–water partition coefficient (Wildman–Crippen LogP) is 0.576. The number of ether oxygens (including phenoxy) is 3. The van der Waals surface area contributed by atoms with Crippen LogP contribution in [-0.4, -0.2) is 45.2 Å². The van der Waals surface area contributed by atoms with Gasteiger partial charge in [-0.2, -0.15) is 0 Å². The van der Waals surface area contributed by atoms with Gasteiger partial charge in [-0.05, 0) is 6.92 Å². The number of methoxy groups -OCH3 is 3. The van der Waals surface area contributed by atoms with Crippen molar-refractivity contribution in [3.8, 4) is 0 Å². The molecular formula is C9H17O7P. The molecule has 2 unspecified atom stereocenters. The van der Waals surface area contributed by atoms with Crippen LogP contribution < -0.4 is 0 Å². The highest BCUT2D eigenvalue weighted by Gasteiger charge is 2.40. The Morgan fingerprint density at radius 3 is 2.18 bits per heavy atom. The molecule has 0 saturated carbocycles. The quantitative estimate of drug-likeness (QED) is 0.492. The lowest BCUT2D eigenvalue weighted by Crippen LogP contribution is -2.40. The van der Waals surface area contributed by atoms with Gasteiger partial charge in [0.1, 0.15) is 6.35 Å². The highest BCUT2D eigenvalue weighted by Crippen LogP contribution is 2.33. The van der Waals surface area contributed by atoms with Crippen molar-refractivity contribution in [2.45, 2.75) is 18.9 Å². The maximum Gasteiger partial charge on any atom is 0.338 e. The van der Waals surface area contributed by atoms with Crippen molar-refractivity contribution >= 4 is 20.0 Å². The molecule has 8 heteroatoms. The highest BCUT2D eigenvalue weighted by molar-refractivity contribution is 7.38. The number of esters is 2. The van der Waals surface area contributed by atoms with Crippen molar-refractivity contribution in [2.24, 2.45) is 0 Å². The van der Waals surface area contributed by atoms with Gasteiger partial charge in [0.05, 0.1) is 20.6 Å². The van der Waals surface area contributed by atoms with E-state index in [0.29, 0.717) is 0 Å². The van der Waals surface area contributed by atoms with Gasteiger partial charge >= 0.3 is 11.9 Å². The summed E-state index contributed by atoms with van der Waals surface area (Å²) in [5, 5.41) is 0. The molecule has 0 radical (unpaired) electrons. The Labute approximate surface area is 100 Å². The fraction of sp³-hybridized carbons (Fsp3) is 0.778. The molecule has 100 valence electrons. The van der Waals surface area contributed by atoms with E-state index in [-0.39, 0.29) is 12.8 Å². The summed E-state index contributed by atoms with van der Waals surface area (Å²) in [5.41, 5.74) is -1.63. The summed E-state index contributed by atoms with van der Waals surface area (Å²) < 4.78 is 30.0. The van der Waals surface area contributed by atoms with Crippen molar-refractivity contribution < 1.29 is 32.9 Å². The average Bonchev–Trinajstić information content (AvgIpc) is 2.27. The fourth-order valence-electron chi connectivity index (χ4n) is 1.11. The average molecular weight is 268 g/mol. The molecule has 0 aliphatic rings. The van der Waals surface area contributed by atoms with Crippen LogP contribution >= 0.6 is 8.03 Å². The molecule has 7 nitrogen and oxygen atoms in total. The van der Waals surface area contributed by atoms with Crippen LogP contribution in [-0.2, 0) is 32.9 Å². The number of hydrogen-bond donors (Lipinski definition) is 0. The normalized spacial score (nSPS) is 15.8. The third-order valence-electron chi connectivity index (χ3n) is 1.93. The number of hydrogen-bond acceptors (Lipinski definition) is 7. The second-order valence-corrected chi connectivity index (χ2v) is 4.62. The lowest BCUT2D eigenvalue weighted by molar-refractivity contribution is -0.164. The van der Waals surface area contributed by atoms with Crippen molar-refractivity contribution in [1.29, 1.82) is 0 Å². The van der Waals surface area contributed by atoms with Crippen molar-refractivity contribution in [3.63, 3.8) is 0 Å². The van der Waals surface area contributed by atoms with Crippen LogP contribution in [0.5, 0.6) is 0 Å². The summed E-state index contributed by atoms with van der Waals surface area (Å²) in [5.74, 6) is -1.46. The summed E-state index contributed by atoms with van der Waals surface area (Å²) in [7, 11) is 1.09. The standard InChI is InChI=1S/C9H17O7P/c1-9(8(11)15-4,5-7(10)14-3)16-17(12)6-13-2/h17H,5-6H2,1-4H3. The van der Waals surface area contributed by atoms with Gasteiger partial charge in [0.25, 0.3) is 0 Å². The van der Waals surface area contributed by atoms with Gasteiger partial charge in [0.15, 0.2) is 5.60 Å². The van der Waals surface area contributed by atoms with Gasteiger partial charge in [-0.3, -0.25) is 9.36 Å². The van der Waals surface area contributed by atoms with Crippen molar-refractivity contribution in [2.75, 3.05) is 27.7 Å². The molecule has 2 atom stereocenters. The first-order valence-corrected chi connectivity index (χ1v) is 6.28. The van der Waals surface area contributed by atoms with E-state index >= 15 is 0 Å². The number of rotatable bonds is 7. The third-order valence-corrected chi connectivity index (χ3v) is 3.13. The van der Waals surface area contributed by atoms with E-state index in [1.54, 1.807) is 0 Å². The van der Waals surface area contributed by atoms with Crippen LogP contribution in [0, 0.1) is 0 Å². The molecular weight excluding hydrogens is 251 g/mol. The molecule has 0 heterocycles. The highest BCUT2D eigenvalue weighted by atomic mass is 31.1. The molecule has 0 bridgehead atoms. The Kier molecular flexibility index (Phi) is 7.03. The second kappa shape index (κ2) is 7.42. The van der Waals surface area contributed by atoms with Crippen LogP contribution in [0.2, 0.25) is 0 Å². The minimum atomic E-state index is -2.59. The topological polar surface area (TPSA) is 88.1 Å². The minimum Gasteiger partial charge on any atom is -0.469 e. The van der Waals surface area contributed by atoms with E-state index in [0.717, 1.165) is 7.11 Å². The van der Waals surface area contributed by atoms with Gasteiger partial charge in [-0.15, -0.1) is 0 Å². The van der Waals surface area contributed by atoms with Gasteiger partial charge < -0.3 is 18.7 Å². The smallest absolute Gasteiger partial charge is 0.338 e. The van der Waals surface area contributed by atoms with E-state index in [9.17, 15) is 14.2 Å². The summed E-state index contributed by atoms with van der Waals surface area (Å²) in [6, 6.07) is 0. The first-order chi connectivity index (χ1) is 7.89. The zero-order valence-electron chi connectivity index (χ0n) is 10.3. The maximum atomic E-state index is 11.5. The second-order valence-electron chi connectivity index (χ2n) is 3.38. The predicted molar refractivity (Wildman–Crippen MR) is 59.0 cm³/mol. The zero-order valence-corrected chi connectivity index (χ0v) is 11.3. The van der Waals surface area contributed by atoms with Crippen LogP contribution in [0.25, 0.3) is 0 Å². The molecule has 0 saturated heterocycles. The van der Waals surface area contributed by atoms with Crippen LogP contribution in [0.3, 0.4) is 0 Å².